The summed E-state index contributed by atoms with van der Waals surface area (Å²) >= 11 is -0.867. The molecule has 2 aliphatic heterocycles. The van der Waals surface area contributed by atoms with Crippen LogP contribution in [0.3, 0.4) is 0 Å². The first-order valence-corrected chi connectivity index (χ1v) is 11.8. The Kier molecular flexibility index (Phi) is 5.99. The maximum atomic E-state index is 13.3. The van der Waals surface area contributed by atoms with Crippen molar-refractivity contribution in [1.82, 2.24) is 10.3 Å². The van der Waals surface area contributed by atoms with Crippen molar-refractivity contribution in [3.63, 3.8) is 0 Å². The molecule has 1 amide bonds. The zero-order valence-electron chi connectivity index (χ0n) is 17.2. The van der Waals surface area contributed by atoms with Crippen LogP contribution in [0.15, 0.2) is 12.1 Å². The van der Waals surface area contributed by atoms with E-state index in [2.05, 4.69) is 10.3 Å². The van der Waals surface area contributed by atoms with Crippen molar-refractivity contribution >= 4 is 28.7 Å². The fraction of sp³-hybridized carbons (Fsp3) is 0.650. The Bertz CT molecular complexity index is 853. The van der Waals surface area contributed by atoms with Crippen molar-refractivity contribution < 1.29 is 32.4 Å². The van der Waals surface area contributed by atoms with Crippen molar-refractivity contribution in [1.29, 1.82) is 0 Å². The second-order valence-electron chi connectivity index (χ2n) is 8.45. The van der Waals surface area contributed by atoms with Crippen LogP contribution in [0.5, 0.6) is 5.88 Å². The van der Waals surface area contributed by atoms with Crippen LogP contribution in [0.25, 0.3) is 0 Å². The molecule has 0 bridgehead atoms. The summed E-state index contributed by atoms with van der Waals surface area (Å²) in [6.45, 7) is 1.52. The Hall–Kier alpha value is -2.14. The van der Waals surface area contributed by atoms with Gasteiger partial charge in [0.15, 0.2) is 11.5 Å². The number of nitrogens with one attached hydrogen (secondary N) is 1. The number of amides is 1. The number of carbonyl (C=O) groups is 2. The van der Waals surface area contributed by atoms with Crippen LogP contribution >= 0.6 is 0 Å². The summed E-state index contributed by atoms with van der Waals surface area (Å²) in [5, 5.41) is 2.82. The number of halogens is 2. The summed E-state index contributed by atoms with van der Waals surface area (Å²) in [5.74, 6) is -2.59. The molecule has 3 fully saturated rings. The molecule has 1 aliphatic carbocycles. The third-order valence-corrected chi connectivity index (χ3v) is 7.23. The van der Waals surface area contributed by atoms with Crippen LogP contribution in [0.2, 0.25) is 0 Å². The standard InChI is InChI=1S/C20H25F2N3O5S/c1-2-29-16(26)7-19(11-31(28)12-19)24-17(27)14-5-6-15(25-9-20(21,22)10-25)18(23-14)30-8-13-3-4-13/h5-6,13,28H,2-4,7-12H2,1H3/p+1. The van der Waals surface area contributed by atoms with Gasteiger partial charge in [-0.05, 0) is 37.8 Å². The first-order chi connectivity index (χ1) is 14.7. The minimum atomic E-state index is -2.74. The van der Waals surface area contributed by atoms with Gasteiger partial charge in [-0.1, -0.05) is 0 Å². The quantitative estimate of drug-likeness (QED) is 0.430. The number of pyridine rings is 1. The van der Waals surface area contributed by atoms with Crippen LogP contribution in [-0.4, -0.2) is 70.7 Å². The van der Waals surface area contributed by atoms with Gasteiger partial charge in [0.05, 0.1) is 32.7 Å². The molecular formula is C20H26F2N3O5S+. The normalized spacial score (nSPS) is 26.5. The average molecular weight is 459 g/mol. The maximum Gasteiger partial charge on any atom is 0.308 e. The molecule has 0 radical (unpaired) electrons. The van der Waals surface area contributed by atoms with Crippen molar-refractivity contribution in [2.75, 3.05) is 42.7 Å². The predicted molar refractivity (Wildman–Crippen MR) is 111 cm³/mol. The van der Waals surface area contributed by atoms with Gasteiger partial charge in [-0.15, -0.1) is 0 Å². The highest BCUT2D eigenvalue weighted by Gasteiger charge is 2.56. The molecule has 31 heavy (non-hydrogen) atoms. The number of nitrogens with zero attached hydrogens (tertiary/aromatic N) is 2. The summed E-state index contributed by atoms with van der Waals surface area (Å²) in [7, 11) is 0. The zero-order valence-corrected chi connectivity index (χ0v) is 18.1. The Morgan fingerprint density at radius 3 is 2.61 bits per heavy atom. The molecule has 3 heterocycles. The molecule has 0 spiro atoms. The molecule has 0 aromatic carbocycles. The Morgan fingerprint density at radius 1 is 1.32 bits per heavy atom. The van der Waals surface area contributed by atoms with Gasteiger partial charge in [0, 0.05) is 0 Å². The minimum absolute atomic E-state index is 0.0391. The number of hydrogen-bond acceptors (Lipinski definition) is 7. The van der Waals surface area contributed by atoms with E-state index in [1.165, 1.54) is 11.0 Å². The average Bonchev–Trinajstić information content (AvgIpc) is 3.47. The minimum Gasteiger partial charge on any atom is -0.476 e. The maximum absolute atomic E-state index is 13.3. The number of esters is 1. The molecule has 0 unspecified atom stereocenters. The molecule has 170 valence electrons. The summed E-state index contributed by atoms with van der Waals surface area (Å²) in [5.41, 5.74) is -0.379. The van der Waals surface area contributed by atoms with Gasteiger partial charge in [0.1, 0.15) is 28.1 Å². The second kappa shape index (κ2) is 8.42. The molecule has 2 saturated heterocycles. The lowest BCUT2D eigenvalue weighted by atomic mass is 9.98. The van der Waals surface area contributed by atoms with E-state index < -0.39 is 47.6 Å². The lowest BCUT2D eigenvalue weighted by molar-refractivity contribution is -0.144. The highest BCUT2D eigenvalue weighted by atomic mass is 32.2. The number of anilines is 1. The Labute approximate surface area is 181 Å². The number of hydrogen-bond donors (Lipinski definition) is 2. The molecule has 4 rings (SSSR count). The van der Waals surface area contributed by atoms with Crippen LogP contribution in [0, 0.1) is 5.92 Å². The van der Waals surface area contributed by atoms with Gasteiger partial charge < -0.3 is 19.7 Å². The van der Waals surface area contributed by atoms with E-state index in [9.17, 15) is 22.9 Å². The number of aromatic nitrogens is 1. The van der Waals surface area contributed by atoms with Crippen LogP contribution in [0.4, 0.5) is 14.5 Å². The Balaban J connectivity index is 1.48. The monoisotopic (exact) mass is 458 g/mol. The van der Waals surface area contributed by atoms with E-state index >= 15 is 0 Å². The molecule has 2 N–H and O–H groups in total. The van der Waals surface area contributed by atoms with E-state index in [0.717, 1.165) is 12.8 Å². The topological polar surface area (TPSA) is 101 Å². The van der Waals surface area contributed by atoms with Crippen LogP contribution in [-0.2, 0) is 20.7 Å². The largest absolute Gasteiger partial charge is 0.476 e. The molecule has 1 aromatic heterocycles. The fourth-order valence-corrected chi connectivity index (χ4v) is 5.22. The van der Waals surface area contributed by atoms with Gasteiger partial charge in [-0.2, -0.15) is 4.55 Å². The summed E-state index contributed by atoms with van der Waals surface area (Å²) in [6, 6.07) is 3.02. The van der Waals surface area contributed by atoms with Crippen LogP contribution < -0.4 is 15.0 Å². The Morgan fingerprint density at radius 2 is 2.03 bits per heavy atom. The number of rotatable bonds is 9. The smallest absolute Gasteiger partial charge is 0.308 e. The van der Waals surface area contributed by atoms with Crippen molar-refractivity contribution in [3.8, 4) is 5.88 Å². The molecule has 1 saturated carbocycles. The molecule has 1 aromatic rings. The summed E-state index contributed by atoms with van der Waals surface area (Å²) in [6.07, 6.45) is 2.07. The van der Waals surface area contributed by atoms with Gasteiger partial charge in [0.25, 0.3) is 11.8 Å². The number of alkyl halides is 2. The number of ether oxygens (including phenoxy) is 2. The van der Waals surface area contributed by atoms with Gasteiger partial charge in [-0.25, -0.2) is 13.8 Å². The molecule has 0 atom stereocenters. The lowest BCUT2D eigenvalue weighted by Gasteiger charge is -2.40. The highest BCUT2D eigenvalue weighted by Crippen LogP contribution is 2.38. The third-order valence-electron chi connectivity index (χ3n) is 5.46. The third kappa shape index (κ3) is 5.20. The van der Waals surface area contributed by atoms with E-state index in [1.54, 1.807) is 13.0 Å². The van der Waals surface area contributed by atoms with Crippen molar-refractivity contribution in [2.45, 2.75) is 37.6 Å². The summed E-state index contributed by atoms with van der Waals surface area (Å²) in [4.78, 5) is 30.6. The van der Waals surface area contributed by atoms with Gasteiger partial charge in [0.2, 0.25) is 5.88 Å². The molecule has 8 nitrogen and oxygen atoms in total. The zero-order chi connectivity index (χ0) is 22.2. The SMILES string of the molecule is CCOC(=O)CC1(NC(=O)c2ccc(N3CC(F)(F)C3)c(OCC3CC3)n2)C[S+](O)C1. The fourth-order valence-electron chi connectivity index (χ4n) is 3.68. The lowest BCUT2D eigenvalue weighted by Crippen LogP contribution is -2.66. The molecular weight excluding hydrogens is 432 g/mol. The highest BCUT2D eigenvalue weighted by molar-refractivity contribution is 7.93. The molecule has 3 aliphatic rings. The van der Waals surface area contributed by atoms with E-state index in [1.807, 2.05) is 0 Å². The van der Waals surface area contributed by atoms with Gasteiger partial charge in [-0.3, -0.25) is 9.59 Å². The van der Waals surface area contributed by atoms with E-state index in [4.69, 9.17) is 9.47 Å². The predicted octanol–water partition coefficient (Wildman–Crippen LogP) is 1.85. The van der Waals surface area contributed by atoms with Crippen molar-refractivity contribution in [2.24, 2.45) is 5.92 Å². The van der Waals surface area contributed by atoms with E-state index in [0.29, 0.717) is 18.2 Å². The first-order valence-electron chi connectivity index (χ1n) is 10.3. The summed E-state index contributed by atoms with van der Waals surface area (Å²) < 4.78 is 47.2. The second-order valence-corrected chi connectivity index (χ2v) is 9.96. The molecule has 11 heteroatoms. The van der Waals surface area contributed by atoms with Crippen LogP contribution in [0.1, 0.15) is 36.7 Å². The van der Waals surface area contributed by atoms with E-state index in [-0.39, 0.29) is 36.1 Å². The van der Waals surface area contributed by atoms with Gasteiger partial charge >= 0.3 is 5.97 Å². The van der Waals surface area contributed by atoms with Crippen molar-refractivity contribution in [3.05, 3.63) is 17.8 Å². The number of carbonyl (C=O) groups excluding carboxylic acids is 2. The first kappa shape index (κ1) is 22.1.